The van der Waals surface area contributed by atoms with Gasteiger partial charge >= 0.3 is 0 Å². The van der Waals surface area contributed by atoms with Gasteiger partial charge in [-0.15, -0.1) is 0 Å². The zero-order valence-corrected chi connectivity index (χ0v) is 22.1. The summed E-state index contributed by atoms with van der Waals surface area (Å²) in [7, 11) is 0. The third-order valence-electron chi connectivity index (χ3n) is 7.72. The van der Waals surface area contributed by atoms with Gasteiger partial charge in [0.05, 0.1) is 0 Å². The van der Waals surface area contributed by atoms with E-state index in [1.54, 1.807) is 0 Å². The van der Waals surface area contributed by atoms with E-state index in [0.717, 1.165) is 11.5 Å². The maximum atomic E-state index is 3.59. The van der Waals surface area contributed by atoms with Gasteiger partial charge in [-0.2, -0.15) is 0 Å². The van der Waals surface area contributed by atoms with Crippen molar-refractivity contribution in [3.8, 4) is 23.0 Å². The van der Waals surface area contributed by atoms with Gasteiger partial charge in [-0.05, 0) is 73.3 Å². The Morgan fingerprint density at radius 3 is 1.79 bits per heavy atom. The highest BCUT2D eigenvalue weighted by Crippen LogP contribution is 2.32. The number of hydrogen-bond donors (Lipinski definition) is 0. The topological polar surface area (TPSA) is 0 Å². The predicted molar refractivity (Wildman–Crippen MR) is 150 cm³/mol. The second kappa shape index (κ2) is 15.8. The number of unbranched alkanes of at least 4 members (excludes halogenated alkanes) is 8. The van der Waals surface area contributed by atoms with E-state index in [2.05, 4.69) is 74.2 Å². The van der Waals surface area contributed by atoms with E-state index in [-0.39, 0.29) is 0 Å². The Labute approximate surface area is 211 Å². The van der Waals surface area contributed by atoms with Crippen LogP contribution >= 0.6 is 0 Å². The number of rotatable bonds is 13. The minimum Gasteiger partial charge on any atom is -0.0945 e. The van der Waals surface area contributed by atoms with Crippen molar-refractivity contribution in [3.05, 3.63) is 59.7 Å². The molecule has 1 aliphatic rings. The predicted octanol–water partition coefficient (Wildman–Crippen LogP) is 10.4. The largest absolute Gasteiger partial charge is 0.0945 e. The van der Waals surface area contributed by atoms with Crippen LogP contribution in [-0.4, -0.2) is 0 Å². The SMILES string of the molecule is CCCCCCCc1ccc(-c2ccc(C#CC3CCC(CCCCCCC)CC3)cc2)cc1. The zero-order valence-electron chi connectivity index (χ0n) is 22.1. The van der Waals surface area contributed by atoms with Crippen molar-refractivity contribution in [2.24, 2.45) is 11.8 Å². The molecule has 0 heteroatoms. The van der Waals surface area contributed by atoms with Crippen LogP contribution in [0.4, 0.5) is 0 Å². The van der Waals surface area contributed by atoms with Crippen LogP contribution in [0.2, 0.25) is 0 Å². The van der Waals surface area contributed by atoms with E-state index in [1.165, 1.54) is 119 Å². The molecule has 3 rings (SSSR count). The van der Waals surface area contributed by atoms with Gasteiger partial charge in [0.1, 0.15) is 0 Å². The fraction of sp³-hybridized carbons (Fsp3) is 0.588. The van der Waals surface area contributed by atoms with Crippen molar-refractivity contribution in [3.63, 3.8) is 0 Å². The van der Waals surface area contributed by atoms with Crippen LogP contribution < -0.4 is 0 Å². The van der Waals surface area contributed by atoms with E-state index >= 15 is 0 Å². The summed E-state index contributed by atoms with van der Waals surface area (Å²) in [5, 5.41) is 0. The van der Waals surface area contributed by atoms with Crippen molar-refractivity contribution in [2.75, 3.05) is 0 Å². The van der Waals surface area contributed by atoms with Crippen LogP contribution in [0.1, 0.15) is 121 Å². The lowest BCUT2D eigenvalue weighted by Crippen LogP contribution is -2.13. The van der Waals surface area contributed by atoms with E-state index in [0.29, 0.717) is 5.92 Å². The molecule has 184 valence electrons. The van der Waals surface area contributed by atoms with Gasteiger partial charge in [0.15, 0.2) is 0 Å². The summed E-state index contributed by atoms with van der Waals surface area (Å²) in [6.45, 7) is 4.58. The summed E-state index contributed by atoms with van der Waals surface area (Å²) < 4.78 is 0. The molecule has 1 fully saturated rings. The molecule has 0 N–H and O–H groups in total. The lowest BCUT2D eigenvalue weighted by molar-refractivity contribution is 0.294. The minimum absolute atomic E-state index is 0.602. The first kappa shape index (κ1) is 26.6. The Balaban J connectivity index is 1.40. The van der Waals surface area contributed by atoms with Gasteiger partial charge in [-0.1, -0.05) is 126 Å². The summed E-state index contributed by atoms with van der Waals surface area (Å²) in [6.07, 6.45) is 21.9. The Bertz CT molecular complexity index is 838. The summed E-state index contributed by atoms with van der Waals surface area (Å²) in [4.78, 5) is 0. The Morgan fingerprint density at radius 1 is 0.618 bits per heavy atom. The average molecular weight is 457 g/mol. The van der Waals surface area contributed by atoms with Gasteiger partial charge in [0, 0.05) is 11.5 Å². The van der Waals surface area contributed by atoms with Crippen molar-refractivity contribution in [2.45, 2.75) is 117 Å². The fourth-order valence-corrected chi connectivity index (χ4v) is 5.36. The second-order valence-electron chi connectivity index (χ2n) is 10.6. The molecule has 0 saturated heterocycles. The monoisotopic (exact) mass is 456 g/mol. The molecule has 0 aromatic heterocycles. The molecule has 0 unspecified atom stereocenters. The fourth-order valence-electron chi connectivity index (χ4n) is 5.36. The smallest absolute Gasteiger partial charge is 0.0245 e. The third-order valence-corrected chi connectivity index (χ3v) is 7.72. The normalized spacial score (nSPS) is 17.8. The molecular weight excluding hydrogens is 408 g/mol. The first-order valence-corrected chi connectivity index (χ1v) is 14.5. The molecule has 1 saturated carbocycles. The molecule has 34 heavy (non-hydrogen) atoms. The van der Waals surface area contributed by atoms with Crippen LogP contribution in [0, 0.1) is 23.7 Å². The molecule has 0 bridgehead atoms. The van der Waals surface area contributed by atoms with Crippen molar-refractivity contribution < 1.29 is 0 Å². The van der Waals surface area contributed by atoms with Gasteiger partial charge < -0.3 is 0 Å². The van der Waals surface area contributed by atoms with Crippen LogP contribution in [0.15, 0.2) is 48.5 Å². The van der Waals surface area contributed by atoms with E-state index < -0.39 is 0 Å². The highest BCUT2D eigenvalue weighted by atomic mass is 14.2. The standard InChI is InChI=1S/C34H48/c1-3-5-7-9-11-13-29-15-17-31(18-16-29)19-20-32-23-27-34(28-24-32)33-25-21-30(22-26-33)14-12-10-8-6-4-2/h21-29,31H,3-18H2,1-2H3. The van der Waals surface area contributed by atoms with Crippen molar-refractivity contribution in [1.29, 1.82) is 0 Å². The molecule has 0 spiro atoms. The van der Waals surface area contributed by atoms with Crippen LogP contribution in [0.25, 0.3) is 11.1 Å². The van der Waals surface area contributed by atoms with Gasteiger partial charge in [-0.3, -0.25) is 0 Å². The molecule has 0 aliphatic heterocycles. The van der Waals surface area contributed by atoms with Gasteiger partial charge in [-0.25, -0.2) is 0 Å². The summed E-state index contributed by atoms with van der Waals surface area (Å²) in [6, 6.07) is 18.1. The third kappa shape index (κ3) is 9.70. The maximum Gasteiger partial charge on any atom is 0.0245 e. The summed E-state index contributed by atoms with van der Waals surface area (Å²) in [5.41, 5.74) is 5.22. The molecule has 0 heterocycles. The second-order valence-corrected chi connectivity index (χ2v) is 10.6. The molecular formula is C34H48. The first-order valence-electron chi connectivity index (χ1n) is 14.5. The molecule has 0 atom stereocenters. The lowest BCUT2D eigenvalue weighted by atomic mass is 9.80. The molecule has 2 aromatic rings. The molecule has 2 aromatic carbocycles. The Morgan fingerprint density at radius 2 is 1.18 bits per heavy atom. The average Bonchev–Trinajstić information content (AvgIpc) is 2.89. The quantitative estimate of drug-likeness (QED) is 0.208. The van der Waals surface area contributed by atoms with E-state index in [9.17, 15) is 0 Å². The molecule has 1 aliphatic carbocycles. The zero-order chi connectivity index (χ0) is 23.8. The van der Waals surface area contributed by atoms with Crippen LogP contribution in [-0.2, 0) is 6.42 Å². The maximum absolute atomic E-state index is 3.59. The molecule has 0 amide bonds. The number of hydrogen-bond acceptors (Lipinski definition) is 0. The number of aryl methyl sites for hydroxylation is 1. The van der Waals surface area contributed by atoms with Crippen LogP contribution in [0.3, 0.4) is 0 Å². The van der Waals surface area contributed by atoms with Crippen molar-refractivity contribution in [1.82, 2.24) is 0 Å². The Kier molecular flexibility index (Phi) is 12.4. The molecule has 0 nitrogen and oxygen atoms in total. The highest BCUT2D eigenvalue weighted by Gasteiger charge is 2.19. The summed E-state index contributed by atoms with van der Waals surface area (Å²) in [5.74, 6) is 8.63. The van der Waals surface area contributed by atoms with Crippen molar-refractivity contribution >= 4 is 0 Å². The van der Waals surface area contributed by atoms with E-state index in [1.807, 2.05) is 0 Å². The van der Waals surface area contributed by atoms with Gasteiger partial charge in [0.25, 0.3) is 0 Å². The van der Waals surface area contributed by atoms with E-state index in [4.69, 9.17) is 0 Å². The highest BCUT2D eigenvalue weighted by molar-refractivity contribution is 5.64. The summed E-state index contributed by atoms with van der Waals surface area (Å²) >= 11 is 0. The van der Waals surface area contributed by atoms with Crippen LogP contribution in [0.5, 0.6) is 0 Å². The number of benzene rings is 2. The molecule has 0 radical (unpaired) electrons. The Hall–Kier alpha value is -2.00. The lowest BCUT2D eigenvalue weighted by Gasteiger charge is -2.25. The minimum atomic E-state index is 0.602. The first-order chi connectivity index (χ1) is 16.8. The van der Waals surface area contributed by atoms with Gasteiger partial charge in [0.2, 0.25) is 0 Å².